The van der Waals surface area contributed by atoms with Gasteiger partial charge < -0.3 is 14.2 Å². The van der Waals surface area contributed by atoms with Crippen molar-refractivity contribution in [1.29, 1.82) is 0 Å². The van der Waals surface area contributed by atoms with Crippen LogP contribution in [0.4, 0.5) is 0 Å². The lowest BCUT2D eigenvalue weighted by Gasteiger charge is -2.23. The minimum Gasteiger partial charge on any atom is -0.481 e. The summed E-state index contributed by atoms with van der Waals surface area (Å²) in [5.74, 6) is -1.15. The molecule has 1 heterocycles. The summed E-state index contributed by atoms with van der Waals surface area (Å²) in [6.07, 6.45) is 4.91. The zero-order valence-corrected chi connectivity index (χ0v) is 13.3. The van der Waals surface area contributed by atoms with Gasteiger partial charge in [0, 0.05) is 12.4 Å². The van der Waals surface area contributed by atoms with Gasteiger partial charge in [0.05, 0.1) is 13.2 Å². The van der Waals surface area contributed by atoms with Gasteiger partial charge in [-0.15, -0.1) is 0 Å². The SMILES string of the molecule is CCOP(=O)(OCC)[C@H](CCCc1cccnc1)C(=O)O. The summed E-state index contributed by atoms with van der Waals surface area (Å²) in [5, 5.41) is 9.31. The molecular formula is C14H22NO5P. The van der Waals surface area contributed by atoms with E-state index in [-0.39, 0.29) is 19.6 Å². The van der Waals surface area contributed by atoms with Crippen molar-refractivity contribution in [3.8, 4) is 0 Å². The molecule has 1 rings (SSSR count). The second-order valence-electron chi connectivity index (χ2n) is 4.48. The quantitative estimate of drug-likeness (QED) is 0.668. The molecule has 0 radical (unpaired) electrons. The number of aromatic nitrogens is 1. The number of hydrogen-bond acceptors (Lipinski definition) is 5. The summed E-state index contributed by atoms with van der Waals surface area (Å²) < 4.78 is 22.8. The summed E-state index contributed by atoms with van der Waals surface area (Å²) in [4.78, 5) is 15.4. The molecule has 1 aromatic heterocycles. The van der Waals surface area contributed by atoms with E-state index in [9.17, 15) is 14.5 Å². The smallest absolute Gasteiger partial charge is 0.344 e. The van der Waals surface area contributed by atoms with E-state index in [1.54, 1.807) is 26.2 Å². The van der Waals surface area contributed by atoms with Gasteiger partial charge in [0.15, 0.2) is 5.66 Å². The van der Waals surface area contributed by atoms with E-state index in [1.165, 1.54) is 0 Å². The van der Waals surface area contributed by atoms with Crippen LogP contribution in [0.3, 0.4) is 0 Å². The molecule has 0 spiro atoms. The normalized spacial score (nSPS) is 13.0. The van der Waals surface area contributed by atoms with Crippen LogP contribution in [-0.4, -0.2) is 34.9 Å². The summed E-state index contributed by atoms with van der Waals surface area (Å²) in [5.41, 5.74) is -0.113. The molecule has 0 aliphatic carbocycles. The summed E-state index contributed by atoms with van der Waals surface area (Å²) in [6, 6.07) is 3.75. The maximum Gasteiger partial charge on any atom is 0.344 e. The van der Waals surface area contributed by atoms with Crippen LogP contribution in [0.15, 0.2) is 24.5 Å². The number of nitrogens with zero attached hydrogens (tertiary/aromatic N) is 1. The highest BCUT2D eigenvalue weighted by atomic mass is 31.2. The Labute approximate surface area is 125 Å². The van der Waals surface area contributed by atoms with Gasteiger partial charge in [-0.1, -0.05) is 6.07 Å². The predicted octanol–water partition coefficient (Wildman–Crippen LogP) is 3.12. The first-order chi connectivity index (χ1) is 10.0. The monoisotopic (exact) mass is 315 g/mol. The van der Waals surface area contributed by atoms with Gasteiger partial charge in [0.25, 0.3) is 0 Å². The van der Waals surface area contributed by atoms with Crippen LogP contribution < -0.4 is 0 Å². The third-order valence-corrected chi connectivity index (χ3v) is 5.43. The first-order valence-corrected chi connectivity index (χ1v) is 8.65. The van der Waals surface area contributed by atoms with Crippen molar-refractivity contribution in [2.24, 2.45) is 0 Å². The first-order valence-electron chi connectivity index (χ1n) is 7.04. The lowest BCUT2D eigenvalue weighted by atomic mass is 10.1. The Bertz CT molecular complexity index is 470. The largest absolute Gasteiger partial charge is 0.481 e. The Morgan fingerprint density at radius 2 is 2.05 bits per heavy atom. The molecule has 0 unspecified atom stereocenters. The van der Waals surface area contributed by atoms with E-state index in [1.807, 2.05) is 12.1 Å². The van der Waals surface area contributed by atoms with Gasteiger partial charge in [-0.25, -0.2) is 0 Å². The number of hydrogen-bond donors (Lipinski definition) is 1. The molecule has 21 heavy (non-hydrogen) atoms. The molecule has 0 fully saturated rings. The van der Waals surface area contributed by atoms with Gasteiger partial charge in [0.1, 0.15) is 0 Å². The van der Waals surface area contributed by atoms with Crippen LogP contribution in [0.5, 0.6) is 0 Å². The summed E-state index contributed by atoms with van der Waals surface area (Å²) in [6.45, 7) is 3.65. The van der Waals surface area contributed by atoms with Crippen LogP contribution in [0.25, 0.3) is 0 Å². The molecular weight excluding hydrogens is 293 g/mol. The Hall–Kier alpha value is -1.23. The molecule has 0 aromatic carbocycles. The van der Waals surface area contributed by atoms with Crippen LogP contribution in [0.1, 0.15) is 32.3 Å². The van der Waals surface area contributed by atoms with E-state index < -0.39 is 19.2 Å². The maximum absolute atomic E-state index is 12.6. The van der Waals surface area contributed by atoms with Crippen molar-refractivity contribution in [2.45, 2.75) is 38.8 Å². The fourth-order valence-corrected chi connectivity index (χ4v) is 3.96. The third-order valence-electron chi connectivity index (χ3n) is 2.95. The van der Waals surface area contributed by atoms with Gasteiger partial charge in [-0.3, -0.25) is 14.3 Å². The van der Waals surface area contributed by atoms with Gasteiger partial charge in [-0.05, 0) is 44.7 Å². The minimum atomic E-state index is -3.62. The predicted molar refractivity (Wildman–Crippen MR) is 79.5 cm³/mol. The van der Waals surface area contributed by atoms with Crippen molar-refractivity contribution >= 4 is 13.6 Å². The number of carbonyl (C=O) groups is 1. The molecule has 118 valence electrons. The number of pyridine rings is 1. The molecule has 7 heteroatoms. The lowest BCUT2D eigenvalue weighted by Crippen LogP contribution is -2.23. The molecule has 0 saturated heterocycles. The van der Waals surface area contributed by atoms with E-state index in [4.69, 9.17) is 9.05 Å². The highest BCUT2D eigenvalue weighted by Gasteiger charge is 2.40. The number of rotatable bonds is 10. The molecule has 0 saturated carbocycles. The molecule has 1 aromatic rings. The molecule has 0 aliphatic rings. The molecule has 0 amide bonds. The Morgan fingerprint density at radius 3 is 2.52 bits per heavy atom. The average molecular weight is 315 g/mol. The van der Waals surface area contributed by atoms with Crippen molar-refractivity contribution < 1.29 is 23.5 Å². The van der Waals surface area contributed by atoms with Gasteiger partial charge in [0.2, 0.25) is 0 Å². The molecule has 1 atom stereocenters. The fourth-order valence-electron chi connectivity index (χ4n) is 2.04. The van der Waals surface area contributed by atoms with E-state index in [2.05, 4.69) is 4.98 Å². The molecule has 0 aliphatic heterocycles. The number of carboxylic acids is 1. The summed E-state index contributed by atoms with van der Waals surface area (Å²) in [7, 11) is -3.62. The van der Waals surface area contributed by atoms with Crippen LogP contribution in [0.2, 0.25) is 0 Å². The van der Waals surface area contributed by atoms with Gasteiger partial charge >= 0.3 is 13.6 Å². The highest BCUT2D eigenvalue weighted by molar-refractivity contribution is 7.55. The minimum absolute atomic E-state index is 0.156. The zero-order valence-electron chi connectivity index (χ0n) is 12.4. The standard InChI is InChI=1S/C14H22NO5P/c1-3-19-21(18,20-4-2)13(14(16)17)9-5-7-12-8-6-10-15-11-12/h6,8,10-11,13H,3-5,7,9H2,1-2H3,(H,16,17)/t13-/m1/s1. The fraction of sp³-hybridized carbons (Fsp3) is 0.571. The molecule has 0 bridgehead atoms. The topological polar surface area (TPSA) is 85.7 Å². The Kier molecular flexibility index (Phi) is 7.57. The van der Waals surface area contributed by atoms with E-state index in [0.717, 1.165) is 5.56 Å². The van der Waals surface area contributed by atoms with Crippen molar-refractivity contribution in [1.82, 2.24) is 4.98 Å². The van der Waals surface area contributed by atoms with Crippen molar-refractivity contribution in [3.05, 3.63) is 30.1 Å². The third kappa shape index (κ3) is 5.58. The second-order valence-corrected chi connectivity index (χ2v) is 6.70. The van der Waals surface area contributed by atoms with Crippen molar-refractivity contribution in [2.75, 3.05) is 13.2 Å². The first kappa shape index (κ1) is 17.8. The second kappa shape index (κ2) is 8.93. The maximum atomic E-state index is 12.6. The summed E-state index contributed by atoms with van der Waals surface area (Å²) >= 11 is 0. The highest BCUT2D eigenvalue weighted by Crippen LogP contribution is 2.54. The van der Waals surface area contributed by atoms with Crippen LogP contribution in [0, 0.1) is 0 Å². The van der Waals surface area contributed by atoms with E-state index >= 15 is 0 Å². The Morgan fingerprint density at radius 1 is 1.38 bits per heavy atom. The Balaban J connectivity index is 2.68. The number of carboxylic acid groups (broad SMARTS) is 1. The molecule has 6 nitrogen and oxygen atoms in total. The average Bonchev–Trinajstić information content (AvgIpc) is 2.44. The van der Waals surface area contributed by atoms with Crippen LogP contribution in [-0.2, 0) is 24.8 Å². The zero-order chi connectivity index (χ0) is 15.7. The van der Waals surface area contributed by atoms with Crippen molar-refractivity contribution in [3.63, 3.8) is 0 Å². The van der Waals surface area contributed by atoms with E-state index in [0.29, 0.717) is 12.8 Å². The van der Waals surface area contributed by atoms with Gasteiger partial charge in [-0.2, -0.15) is 0 Å². The lowest BCUT2D eigenvalue weighted by molar-refractivity contribution is -0.137. The molecule has 1 N–H and O–H groups in total. The number of aryl methyl sites for hydroxylation is 1. The number of aliphatic carboxylic acids is 1. The van der Waals surface area contributed by atoms with Crippen LogP contribution >= 0.6 is 7.60 Å².